The second-order valence-electron chi connectivity index (χ2n) is 19.7. The van der Waals surface area contributed by atoms with Crippen molar-refractivity contribution in [1.29, 1.82) is 5.26 Å². The fraction of sp³-hybridized carbons (Fsp3) is 0. The van der Waals surface area contributed by atoms with Gasteiger partial charge in [0, 0.05) is 76.8 Å². The normalized spacial score (nSPS) is 12.2. The Morgan fingerprint density at radius 2 is 0.618 bits per heavy atom. The molecule has 0 amide bonds. The highest BCUT2D eigenvalue weighted by Gasteiger charge is 2.35. The molecule has 0 radical (unpaired) electrons. The molecular formula is C68H36N6O2. The van der Waals surface area contributed by atoms with Crippen molar-refractivity contribution in [3.63, 3.8) is 0 Å². The standard InChI is InChI=1S/C68H36N6O2/c1-70-64-65(73-56-30-14-6-22-43(56)47-34-49-45-24-8-16-32-60(45)75-62(49)36-58(47)73)51(38-69)66(71-52-26-10-2-18-39(52)40-19-3-11-27-53(40)71)68(67(64)72-54-28-12-4-20-41(54)42-21-5-13-29-55(42)72)74-57-31-15-7-23-44(57)48-35-50-46-25-9-17-33-61(46)76-63(50)37-59(48)74/h2-37H. The van der Waals surface area contributed by atoms with Gasteiger partial charge in [0.2, 0.25) is 5.69 Å². The van der Waals surface area contributed by atoms with E-state index in [-0.39, 0.29) is 0 Å². The van der Waals surface area contributed by atoms with E-state index in [0.29, 0.717) is 39.6 Å². The molecule has 350 valence electrons. The summed E-state index contributed by atoms with van der Waals surface area (Å²) in [6, 6.07) is 78.5. The van der Waals surface area contributed by atoms with Crippen molar-refractivity contribution in [3.8, 4) is 28.8 Å². The highest BCUT2D eigenvalue weighted by molar-refractivity contribution is 6.21. The maximum Gasteiger partial charge on any atom is 0.237 e. The lowest BCUT2D eigenvalue weighted by Gasteiger charge is -2.27. The Kier molecular flexibility index (Phi) is 7.99. The fourth-order valence-electron chi connectivity index (χ4n) is 12.9. The Morgan fingerprint density at radius 3 is 1.00 bits per heavy atom. The average Bonchev–Trinajstić information content (AvgIpc) is 4.45. The van der Waals surface area contributed by atoms with Crippen LogP contribution in [0.2, 0.25) is 0 Å². The zero-order chi connectivity index (χ0) is 49.9. The summed E-state index contributed by atoms with van der Waals surface area (Å²) in [5, 5.41) is 24.8. The van der Waals surface area contributed by atoms with E-state index in [9.17, 15) is 11.8 Å². The third-order valence-electron chi connectivity index (χ3n) is 16.0. The summed E-state index contributed by atoms with van der Waals surface area (Å²) < 4.78 is 22.4. The lowest BCUT2D eigenvalue weighted by atomic mass is 10.0. The fourth-order valence-corrected chi connectivity index (χ4v) is 12.9. The first kappa shape index (κ1) is 40.8. The number of hydrogen-bond donors (Lipinski definition) is 0. The van der Waals surface area contributed by atoms with Crippen LogP contribution >= 0.6 is 0 Å². The van der Waals surface area contributed by atoms with Gasteiger partial charge in [-0.1, -0.05) is 146 Å². The van der Waals surface area contributed by atoms with Gasteiger partial charge in [0.1, 0.15) is 28.4 Å². The quantitative estimate of drug-likeness (QED) is 0.165. The van der Waals surface area contributed by atoms with Gasteiger partial charge in [0.25, 0.3) is 0 Å². The largest absolute Gasteiger partial charge is 0.456 e. The Morgan fingerprint density at radius 1 is 0.303 bits per heavy atom. The van der Waals surface area contributed by atoms with Gasteiger partial charge >= 0.3 is 0 Å². The molecule has 6 heterocycles. The molecule has 8 nitrogen and oxygen atoms in total. The zero-order valence-corrected chi connectivity index (χ0v) is 40.3. The van der Waals surface area contributed by atoms with Crippen molar-refractivity contribution in [2.45, 2.75) is 0 Å². The summed E-state index contributed by atoms with van der Waals surface area (Å²) in [6.07, 6.45) is 0. The van der Waals surface area contributed by atoms with E-state index in [1.807, 2.05) is 42.5 Å². The van der Waals surface area contributed by atoms with Gasteiger partial charge in [-0.2, -0.15) is 5.26 Å². The van der Waals surface area contributed by atoms with Crippen LogP contribution in [0.4, 0.5) is 5.69 Å². The van der Waals surface area contributed by atoms with Gasteiger partial charge < -0.3 is 27.1 Å². The molecule has 17 aromatic rings. The smallest absolute Gasteiger partial charge is 0.237 e. The Bertz CT molecular complexity index is 5260. The van der Waals surface area contributed by atoms with E-state index in [0.717, 1.165) is 126 Å². The van der Waals surface area contributed by atoms with Gasteiger partial charge in [-0.15, -0.1) is 0 Å². The van der Waals surface area contributed by atoms with Gasteiger partial charge in [0.05, 0.1) is 79.0 Å². The van der Waals surface area contributed by atoms with Crippen molar-refractivity contribution in [1.82, 2.24) is 18.3 Å². The highest BCUT2D eigenvalue weighted by Crippen LogP contribution is 2.52. The predicted molar refractivity (Wildman–Crippen MR) is 309 cm³/mol. The molecule has 17 rings (SSSR count). The number of furan rings is 2. The average molecular weight is 969 g/mol. The van der Waals surface area contributed by atoms with Gasteiger partial charge in [-0.05, 0) is 60.7 Å². The molecule has 0 aliphatic carbocycles. The first-order chi connectivity index (χ1) is 37.7. The molecule has 0 fully saturated rings. The monoisotopic (exact) mass is 968 g/mol. The number of nitriles is 1. The Balaban J connectivity index is 1.18. The van der Waals surface area contributed by atoms with E-state index < -0.39 is 0 Å². The van der Waals surface area contributed by atoms with Crippen molar-refractivity contribution >= 4 is 137 Å². The van der Waals surface area contributed by atoms with E-state index in [1.165, 1.54) is 0 Å². The molecule has 11 aromatic carbocycles. The van der Waals surface area contributed by atoms with Crippen LogP contribution in [0.5, 0.6) is 0 Å². The number of benzene rings is 11. The Hall–Kier alpha value is -10.8. The molecule has 8 heteroatoms. The third-order valence-corrected chi connectivity index (χ3v) is 16.0. The van der Waals surface area contributed by atoms with Crippen molar-refractivity contribution in [3.05, 3.63) is 235 Å². The van der Waals surface area contributed by atoms with Gasteiger partial charge in [-0.3, -0.25) is 0 Å². The number of aromatic nitrogens is 4. The maximum absolute atomic E-state index is 12.6. The van der Waals surface area contributed by atoms with Crippen molar-refractivity contribution < 1.29 is 8.83 Å². The van der Waals surface area contributed by atoms with Crippen LogP contribution in [0.3, 0.4) is 0 Å². The summed E-state index contributed by atoms with van der Waals surface area (Å²) in [5.41, 5.74) is 13.2. The van der Waals surface area contributed by atoms with Crippen LogP contribution in [0.25, 0.3) is 159 Å². The number of fused-ring (bicyclic) bond motifs is 18. The first-order valence-corrected chi connectivity index (χ1v) is 25.3. The topological polar surface area (TPSA) is 74.2 Å². The van der Waals surface area contributed by atoms with Crippen molar-refractivity contribution in [2.24, 2.45) is 0 Å². The molecule has 0 unspecified atom stereocenters. The minimum atomic E-state index is 0.311. The molecule has 0 atom stereocenters. The highest BCUT2D eigenvalue weighted by atomic mass is 16.3. The molecule has 76 heavy (non-hydrogen) atoms. The van der Waals surface area contributed by atoms with Gasteiger partial charge in [0.15, 0.2) is 0 Å². The molecule has 0 spiro atoms. The molecule has 0 saturated carbocycles. The summed E-state index contributed by atoms with van der Waals surface area (Å²) in [6.45, 7) is 9.80. The van der Waals surface area contributed by atoms with Crippen LogP contribution in [-0.2, 0) is 0 Å². The van der Waals surface area contributed by atoms with E-state index in [1.54, 1.807) is 0 Å². The third kappa shape index (κ3) is 5.18. The van der Waals surface area contributed by atoms with Crippen LogP contribution in [0.1, 0.15) is 5.56 Å². The lowest BCUT2D eigenvalue weighted by molar-refractivity contribution is 0.669. The van der Waals surface area contributed by atoms with Crippen LogP contribution in [-0.4, -0.2) is 18.3 Å². The first-order valence-electron chi connectivity index (χ1n) is 25.3. The predicted octanol–water partition coefficient (Wildman–Crippen LogP) is 18.3. The number of nitrogens with zero attached hydrogens (tertiary/aromatic N) is 6. The maximum atomic E-state index is 12.6. The molecular weight excluding hydrogens is 933 g/mol. The van der Waals surface area contributed by atoms with Gasteiger partial charge in [-0.25, -0.2) is 4.85 Å². The molecule has 0 aliphatic rings. The SMILES string of the molecule is [C-]#[N+]c1c(-n2c3ccccc3c3cc4c(cc32)oc2ccccc24)c(C#N)c(-n2c3ccccc3c3ccccc32)c(-n2c3ccccc3c3cc4c(cc32)oc2ccccc24)c1-n1c2ccccc2c2ccccc21. The number of rotatable bonds is 4. The van der Waals surface area contributed by atoms with E-state index >= 15 is 0 Å². The van der Waals surface area contributed by atoms with Crippen LogP contribution in [0, 0.1) is 17.9 Å². The molecule has 0 aliphatic heterocycles. The summed E-state index contributed by atoms with van der Waals surface area (Å²) >= 11 is 0. The lowest BCUT2D eigenvalue weighted by Crippen LogP contribution is -2.14. The minimum absolute atomic E-state index is 0.311. The van der Waals surface area contributed by atoms with E-state index in [4.69, 9.17) is 13.7 Å². The summed E-state index contributed by atoms with van der Waals surface area (Å²) in [4.78, 5) is 4.76. The number of hydrogen-bond acceptors (Lipinski definition) is 3. The second kappa shape index (κ2) is 14.9. The summed E-state index contributed by atoms with van der Waals surface area (Å²) in [7, 11) is 0. The molecule has 0 saturated heterocycles. The molecule has 0 bridgehead atoms. The molecule has 0 N–H and O–H groups in total. The zero-order valence-electron chi connectivity index (χ0n) is 40.3. The minimum Gasteiger partial charge on any atom is -0.456 e. The Labute approximate surface area is 431 Å². The van der Waals surface area contributed by atoms with Crippen molar-refractivity contribution in [2.75, 3.05) is 0 Å². The van der Waals surface area contributed by atoms with Crippen LogP contribution in [0.15, 0.2) is 227 Å². The van der Waals surface area contributed by atoms with E-state index in [2.05, 4.69) is 200 Å². The molecule has 6 aromatic heterocycles. The van der Waals surface area contributed by atoms with Crippen LogP contribution < -0.4 is 0 Å². The summed E-state index contributed by atoms with van der Waals surface area (Å²) in [5.74, 6) is 0. The number of para-hydroxylation sites is 8. The second-order valence-corrected chi connectivity index (χ2v) is 19.7.